The van der Waals surface area contributed by atoms with Gasteiger partial charge in [0.15, 0.2) is 0 Å². The number of hydrogen-bond acceptors (Lipinski definition) is 2. The summed E-state index contributed by atoms with van der Waals surface area (Å²) in [5, 5.41) is 0. The van der Waals surface area contributed by atoms with E-state index in [4.69, 9.17) is 5.73 Å². The zero-order chi connectivity index (χ0) is 9.19. The summed E-state index contributed by atoms with van der Waals surface area (Å²) < 4.78 is 35.9. The van der Waals surface area contributed by atoms with Gasteiger partial charge in [0.05, 0.1) is 5.69 Å². The van der Waals surface area contributed by atoms with Gasteiger partial charge in [0, 0.05) is 6.20 Å². The van der Waals surface area contributed by atoms with Crippen LogP contribution in [-0.2, 0) is 0 Å². The third kappa shape index (κ3) is 4.13. The summed E-state index contributed by atoms with van der Waals surface area (Å²) in [7, 11) is 0. The first-order chi connectivity index (χ1) is 5.52. The first kappa shape index (κ1) is 15.9. The van der Waals surface area contributed by atoms with Gasteiger partial charge >= 0.3 is 6.18 Å². The summed E-state index contributed by atoms with van der Waals surface area (Å²) in [4.78, 5) is 3.50. The van der Waals surface area contributed by atoms with Crippen LogP contribution in [0.2, 0.25) is 0 Å². The molecule has 0 saturated carbocycles. The molecular weight excluding hydrogens is 240 g/mol. The monoisotopic (exact) mass is 248 g/mol. The van der Waals surface area contributed by atoms with Gasteiger partial charge in [0.1, 0.15) is 6.04 Å². The van der Waals surface area contributed by atoms with E-state index in [0.29, 0.717) is 0 Å². The molecule has 2 N–H and O–H groups in total. The molecule has 82 valence electrons. The molecule has 1 aromatic heterocycles. The molecule has 1 heterocycles. The molecule has 1 rings (SSSR count). The van der Waals surface area contributed by atoms with Crippen LogP contribution in [0.4, 0.5) is 13.2 Å². The largest absolute Gasteiger partial charge is 0.409 e. The molecule has 0 bridgehead atoms. The molecule has 7 heteroatoms. The van der Waals surface area contributed by atoms with Gasteiger partial charge in [0.25, 0.3) is 0 Å². The predicted octanol–water partition coefficient (Wildman–Crippen LogP) is 2.49. The summed E-state index contributed by atoms with van der Waals surface area (Å²) in [5.41, 5.74) is 4.72. The van der Waals surface area contributed by atoms with E-state index in [0.717, 1.165) is 0 Å². The highest BCUT2D eigenvalue weighted by Gasteiger charge is 2.38. The van der Waals surface area contributed by atoms with Crippen LogP contribution >= 0.6 is 24.8 Å². The van der Waals surface area contributed by atoms with Crippen molar-refractivity contribution in [2.24, 2.45) is 5.73 Å². The smallest absolute Gasteiger partial charge is 0.315 e. The highest BCUT2D eigenvalue weighted by molar-refractivity contribution is 5.85. The lowest BCUT2D eigenvalue weighted by Gasteiger charge is -2.13. The van der Waals surface area contributed by atoms with Crippen LogP contribution in [0, 0.1) is 0 Å². The van der Waals surface area contributed by atoms with E-state index in [1.165, 1.54) is 24.4 Å². The standard InChI is InChI=1S/C7H7F3N2.2ClH/c8-7(9,10)6(11)5-3-1-2-4-12-5;;/h1-4,6H,11H2;2*1H/t6-;;/m1../s1. The molecule has 2 nitrogen and oxygen atoms in total. The zero-order valence-electron chi connectivity index (χ0n) is 6.86. The van der Waals surface area contributed by atoms with Crippen LogP contribution in [0.5, 0.6) is 0 Å². The van der Waals surface area contributed by atoms with Crippen molar-refractivity contribution in [2.75, 3.05) is 0 Å². The Kier molecular flexibility index (Phi) is 6.89. The van der Waals surface area contributed by atoms with Gasteiger partial charge in [-0.25, -0.2) is 0 Å². The van der Waals surface area contributed by atoms with Crippen LogP contribution in [0.1, 0.15) is 11.7 Å². The number of rotatable bonds is 1. The second-order valence-electron chi connectivity index (χ2n) is 2.27. The first-order valence-corrected chi connectivity index (χ1v) is 3.25. The molecule has 0 radical (unpaired) electrons. The van der Waals surface area contributed by atoms with E-state index >= 15 is 0 Å². The fourth-order valence-electron chi connectivity index (χ4n) is 0.728. The third-order valence-electron chi connectivity index (χ3n) is 1.36. The normalized spacial score (nSPS) is 12.3. The van der Waals surface area contributed by atoms with Crippen molar-refractivity contribution in [1.82, 2.24) is 4.98 Å². The van der Waals surface area contributed by atoms with E-state index in [2.05, 4.69) is 4.98 Å². The fourth-order valence-corrected chi connectivity index (χ4v) is 0.728. The molecule has 0 spiro atoms. The second kappa shape index (κ2) is 6.06. The Morgan fingerprint density at radius 2 is 1.79 bits per heavy atom. The fraction of sp³-hybridized carbons (Fsp3) is 0.286. The lowest BCUT2D eigenvalue weighted by atomic mass is 10.2. The van der Waals surface area contributed by atoms with Crippen molar-refractivity contribution in [1.29, 1.82) is 0 Å². The summed E-state index contributed by atoms with van der Waals surface area (Å²) in [6.45, 7) is 0. The van der Waals surface area contributed by atoms with Gasteiger partial charge in [-0.15, -0.1) is 24.8 Å². The Morgan fingerprint density at radius 3 is 2.14 bits per heavy atom. The Labute approximate surface area is 91.5 Å². The maximum atomic E-state index is 12.0. The minimum atomic E-state index is -4.42. The van der Waals surface area contributed by atoms with E-state index in [-0.39, 0.29) is 30.5 Å². The van der Waals surface area contributed by atoms with Crippen molar-refractivity contribution in [3.8, 4) is 0 Å². The van der Waals surface area contributed by atoms with Crippen LogP contribution < -0.4 is 5.73 Å². The van der Waals surface area contributed by atoms with E-state index in [1.807, 2.05) is 0 Å². The van der Waals surface area contributed by atoms with Crippen molar-refractivity contribution < 1.29 is 13.2 Å². The minimum Gasteiger partial charge on any atom is -0.315 e. The maximum absolute atomic E-state index is 12.0. The van der Waals surface area contributed by atoms with Crippen molar-refractivity contribution in [3.63, 3.8) is 0 Å². The Hall–Kier alpha value is -0.520. The van der Waals surface area contributed by atoms with Gasteiger partial charge in [-0.1, -0.05) is 6.07 Å². The number of nitrogens with zero attached hydrogens (tertiary/aromatic N) is 1. The number of halogens is 5. The summed E-state index contributed by atoms with van der Waals surface area (Å²) in [6.07, 6.45) is -3.14. The minimum absolute atomic E-state index is 0. The topological polar surface area (TPSA) is 38.9 Å². The quantitative estimate of drug-likeness (QED) is 0.830. The molecule has 1 aromatic rings. The number of aromatic nitrogens is 1. The second-order valence-corrected chi connectivity index (χ2v) is 2.27. The number of alkyl halides is 3. The lowest BCUT2D eigenvalue weighted by Crippen LogP contribution is -2.29. The van der Waals surface area contributed by atoms with E-state index in [9.17, 15) is 13.2 Å². The molecule has 1 atom stereocenters. The Morgan fingerprint density at radius 1 is 1.21 bits per heavy atom. The van der Waals surface area contributed by atoms with Crippen LogP contribution in [0.15, 0.2) is 24.4 Å². The highest BCUT2D eigenvalue weighted by atomic mass is 35.5. The molecule has 0 aliphatic rings. The molecule has 0 aliphatic carbocycles. The molecule has 0 amide bonds. The molecule has 0 aliphatic heterocycles. The summed E-state index contributed by atoms with van der Waals surface area (Å²) in [5.74, 6) is 0. The average molecular weight is 249 g/mol. The maximum Gasteiger partial charge on any atom is 0.409 e. The lowest BCUT2D eigenvalue weighted by molar-refractivity contribution is -0.150. The van der Waals surface area contributed by atoms with Crippen LogP contribution in [0.25, 0.3) is 0 Å². The Balaban J connectivity index is 0. The van der Waals surface area contributed by atoms with Crippen LogP contribution in [-0.4, -0.2) is 11.2 Å². The third-order valence-corrected chi connectivity index (χ3v) is 1.36. The molecule has 14 heavy (non-hydrogen) atoms. The molecule has 0 unspecified atom stereocenters. The molecule has 0 fully saturated rings. The molecule has 0 aromatic carbocycles. The number of nitrogens with two attached hydrogens (primary N) is 1. The van der Waals surface area contributed by atoms with Gasteiger partial charge in [-0.05, 0) is 12.1 Å². The van der Waals surface area contributed by atoms with Crippen molar-refractivity contribution >= 4 is 24.8 Å². The summed E-state index contributed by atoms with van der Waals surface area (Å²) in [6, 6.07) is 2.26. The van der Waals surface area contributed by atoms with E-state index in [1.54, 1.807) is 0 Å². The highest BCUT2D eigenvalue weighted by Crippen LogP contribution is 2.28. The van der Waals surface area contributed by atoms with Crippen LogP contribution in [0.3, 0.4) is 0 Å². The number of pyridine rings is 1. The van der Waals surface area contributed by atoms with Gasteiger partial charge in [-0.2, -0.15) is 13.2 Å². The van der Waals surface area contributed by atoms with Gasteiger partial charge < -0.3 is 5.73 Å². The van der Waals surface area contributed by atoms with Crippen molar-refractivity contribution in [2.45, 2.75) is 12.2 Å². The van der Waals surface area contributed by atoms with Gasteiger partial charge in [-0.3, -0.25) is 4.98 Å². The van der Waals surface area contributed by atoms with Crippen molar-refractivity contribution in [3.05, 3.63) is 30.1 Å². The molecular formula is C7H9Cl2F3N2. The van der Waals surface area contributed by atoms with Gasteiger partial charge in [0.2, 0.25) is 0 Å². The average Bonchev–Trinajstić information content (AvgIpc) is 2.03. The first-order valence-electron chi connectivity index (χ1n) is 3.25. The predicted molar refractivity (Wildman–Crippen MR) is 51.7 cm³/mol. The zero-order valence-corrected chi connectivity index (χ0v) is 8.49. The summed E-state index contributed by atoms with van der Waals surface area (Å²) >= 11 is 0. The Bertz CT molecular complexity index is 253. The SMILES string of the molecule is Cl.Cl.N[C@H](c1ccccn1)C(F)(F)F. The molecule has 0 saturated heterocycles. The number of hydrogen-bond donors (Lipinski definition) is 1. The van der Waals surface area contributed by atoms with E-state index < -0.39 is 12.2 Å².